The lowest BCUT2D eigenvalue weighted by Crippen LogP contribution is -2.50. The third-order valence-electron chi connectivity index (χ3n) is 5.06. The van der Waals surface area contributed by atoms with Gasteiger partial charge in [0.15, 0.2) is 0 Å². The quantitative estimate of drug-likeness (QED) is 0.650. The van der Waals surface area contributed by atoms with Crippen LogP contribution in [0.3, 0.4) is 0 Å². The van der Waals surface area contributed by atoms with Crippen LogP contribution in [-0.4, -0.2) is 56.7 Å². The molecule has 146 valence electrons. The van der Waals surface area contributed by atoms with Gasteiger partial charge < -0.3 is 15.0 Å². The van der Waals surface area contributed by atoms with E-state index in [1.165, 1.54) is 31.4 Å². The molecule has 1 aromatic carbocycles. The highest BCUT2D eigenvalue weighted by Crippen LogP contribution is 2.22. The summed E-state index contributed by atoms with van der Waals surface area (Å²) in [6.45, 7) is 8.54. The topological polar surface area (TPSA) is 44.8 Å². The zero-order valence-electron chi connectivity index (χ0n) is 16.7. The molecule has 1 aromatic rings. The Balaban J connectivity index is 1.68. The molecule has 1 fully saturated rings. The van der Waals surface area contributed by atoms with Gasteiger partial charge in [0.2, 0.25) is 5.91 Å². The number of unbranched alkanes of at least 4 members (excludes halogenated alkanes) is 3. The van der Waals surface area contributed by atoms with Gasteiger partial charge in [0.05, 0.1) is 13.7 Å². The molecule has 0 aromatic heterocycles. The van der Waals surface area contributed by atoms with E-state index >= 15 is 0 Å². The molecule has 5 heteroatoms. The highest BCUT2D eigenvalue weighted by atomic mass is 16.5. The number of nitrogens with zero attached hydrogens (tertiary/aromatic N) is 2. The van der Waals surface area contributed by atoms with Gasteiger partial charge in [-0.05, 0) is 25.5 Å². The largest absolute Gasteiger partial charge is 0.497 e. The summed E-state index contributed by atoms with van der Waals surface area (Å²) in [4.78, 5) is 16.9. The van der Waals surface area contributed by atoms with Crippen LogP contribution < -0.4 is 15.0 Å². The summed E-state index contributed by atoms with van der Waals surface area (Å²) < 4.78 is 5.31. The average molecular weight is 362 g/mol. The minimum absolute atomic E-state index is 0.155. The number of carbonyl (C=O) groups excluding carboxylic acids is 1. The maximum absolute atomic E-state index is 12.3. The number of hydrogen-bond acceptors (Lipinski definition) is 4. The maximum atomic E-state index is 12.3. The summed E-state index contributed by atoms with van der Waals surface area (Å²) in [6.07, 6.45) is 6.09. The second-order valence-corrected chi connectivity index (χ2v) is 7.28. The Kier molecular flexibility index (Phi) is 8.75. The van der Waals surface area contributed by atoms with Crippen molar-refractivity contribution in [2.45, 2.75) is 52.0 Å². The summed E-state index contributed by atoms with van der Waals surface area (Å²) in [7, 11) is 1.69. The predicted octanol–water partition coefficient (Wildman–Crippen LogP) is 3.29. The molecule has 1 amide bonds. The zero-order valence-corrected chi connectivity index (χ0v) is 16.7. The Morgan fingerprint density at radius 2 is 1.96 bits per heavy atom. The van der Waals surface area contributed by atoms with Gasteiger partial charge in [-0.1, -0.05) is 38.7 Å². The molecular weight excluding hydrogens is 326 g/mol. The SMILES string of the molecule is CCCCCC[C@@H](C)NC(=O)CN1CCN(c2cccc(OC)c2)CC1. The smallest absolute Gasteiger partial charge is 0.234 e. The number of anilines is 1. The zero-order chi connectivity index (χ0) is 18.8. The van der Waals surface area contributed by atoms with E-state index in [1.807, 2.05) is 12.1 Å². The van der Waals surface area contributed by atoms with Crippen molar-refractivity contribution in [2.24, 2.45) is 0 Å². The van der Waals surface area contributed by atoms with Crippen LogP contribution in [0.1, 0.15) is 46.0 Å². The van der Waals surface area contributed by atoms with Crippen molar-refractivity contribution in [1.29, 1.82) is 0 Å². The molecule has 0 bridgehead atoms. The van der Waals surface area contributed by atoms with Gasteiger partial charge in [0, 0.05) is 44.0 Å². The number of piperazine rings is 1. The number of ether oxygens (including phenoxy) is 1. The van der Waals surface area contributed by atoms with E-state index in [4.69, 9.17) is 4.74 Å². The monoisotopic (exact) mass is 361 g/mol. The van der Waals surface area contributed by atoms with E-state index < -0.39 is 0 Å². The van der Waals surface area contributed by atoms with Crippen LogP contribution in [0.5, 0.6) is 5.75 Å². The first-order valence-electron chi connectivity index (χ1n) is 10.0. The Hall–Kier alpha value is -1.75. The third-order valence-corrected chi connectivity index (χ3v) is 5.06. The van der Waals surface area contributed by atoms with Crippen LogP contribution in [0.15, 0.2) is 24.3 Å². The van der Waals surface area contributed by atoms with Gasteiger partial charge in [-0.15, -0.1) is 0 Å². The van der Waals surface area contributed by atoms with Crippen LogP contribution in [-0.2, 0) is 4.79 Å². The fraction of sp³-hybridized carbons (Fsp3) is 0.667. The van der Waals surface area contributed by atoms with Crippen LogP contribution in [0.25, 0.3) is 0 Å². The molecule has 1 saturated heterocycles. The number of hydrogen-bond donors (Lipinski definition) is 1. The molecule has 1 aliphatic rings. The van der Waals surface area contributed by atoms with E-state index in [9.17, 15) is 4.79 Å². The highest BCUT2D eigenvalue weighted by molar-refractivity contribution is 5.78. The summed E-state index contributed by atoms with van der Waals surface area (Å²) >= 11 is 0. The van der Waals surface area contributed by atoms with Crippen molar-refractivity contribution in [3.05, 3.63) is 24.3 Å². The molecule has 0 unspecified atom stereocenters. The summed E-state index contributed by atoms with van der Waals surface area (Å²) in [6, 6.07) is 8.45. The molecule has 0 radical (unpaired) electrons. The average Bonchev–Trinajstić information content (AvgIpc) is 2.66. The molecule has 5 nitrogen and oxygen atoms in total. The van der Waals surface area contributed by atoms with E-state index in [0.717, 1.165) is 38.3 Å². The molecular formula is C21H35N3O2. The molecule has 0 spiro atoms. The molecule has 1 heterocycles. The minimum Gasteiger partial charge on any atom is -0.497 e. The number of carbonyl (C=O) groups is 1. The first-order chi connectivity index (χ1) is 12.6. The van der Waals surface area contributed by atoms with Crippen molar-refractivity contribution >= 4 is 11.6 Å². The summed E-state index contributed by atoms with van der Waals surface area (Å²) in [5, 5.41) is 3.15. The van der Waals surface area contributed by atoms with Crippen molar-refractivity contribution < 1.29 is 9.53 Å². The number of methoxy groups -OCH3 is 1. The number of nitrogens with one attached hydrogen (secondary N) is 1. The van der Waals surface area contributed by atoms with Crippen LogP contribution in [0, 0.1) is 0 Å². The molecule has 0 aliphatic carbocycles. The summed E-state index contributed by atoms with van der Waals surface area (Å²) in [5.41, 5.74) is 1.19. The van der Waals surface area contributed by atoms with Crippen LogP contribution >= 0.6 is 0 Å². The lowest BCUT2D eigenvalue weighted by molar-refractivity contribution is -0.123. The normalized spacial score (nSPS) is 16.3. The lowest BCUT2D eigenvalue weighted by Gasteiger charge is -2.36. The molecule has 2 rings (SSSR count). The Bertz CT molecular complexity index is 542. The third kappa shape index (κ3) is 6.87. The van der Waals surface area contributed by atoms with E-state index in [-0.39, 0.29) is 11.9 Å². The molecule has 0 saturated carbocycles. The second kappa shape index (κ2) is 11.1. The molecule has 26 heavy (non-hydrogen) atoms. The molecule has 1 atom stereocenters. The number of benzene rings is 1. The van der Waals surface area contributed by atoms with Crippen molar-refractivity contribution in [3.63, 3.8) is 0 Å². The van der Waals surface area contributed by atoms with Gasteiger partial charge in [0.25, 0.3) is 0 Å². The maximum Gasteiger partial charge on any atom is 0.234 e. The Morgan fingerprint density at radius 3 is 2.65 bits per heavy atom. The number of rotatable bonds is 10. The van der Waals surface area contributed by atoms with E-state index in [2.05, 4.69) is 41.1 Å². The van der Waals surface area contributed by atoms with Gasteiger partial charge in [-0.2, -0.15) is 0 Å². The van der Waals surface area contributed by atoms with Gasteiger partial charge >= 0.3 is 0 Å². The van der Waals surface area contributed by atoms with Gasteiger partial charge in [-0.25, -0.2) is 0 Å². The molecule has 1 aliphatic heterocycles. The summed E-state index contributed by atoms with van der Waals surface area (Å²) in [5.74, 6) is 1.04. The Morgan fingerprint density at radius 1 is 1.19 bits per heavy atom. The first-order valence-corrected chi connectivity index (χ1v) is 10.0. The minimum atomic E-state index is 0.155. The van der Waals surface area contributed by atoms with Crippen molar-refractivity contribution in [3.8, 4) is 5.75 Å². The van der Waals surface area contributed by atoms with Crippen molar-refractivity contribution in [2.75, 3.05) is 44.7 Å². The van der Waals surface area contributed by atoms with Gasteiger partial charge in [0.1, 0.15) is 5.75 Å². The fourth-order valence-corrected chi connectivity index (χ4v) is 3.44. The number of amides is 1. The highest BCUT2D eigenvalue weighted by Gasteiger charge is 2.20. The van der Waals surface area contributed by atoms with Crippen molar-refractivity contribution in [1.82, 2.24) is 10.2 Å². The van der Waals surface area contributed by atoms with Gasteiger partial charge in [-0.3, -0.25) is 9.69 Å². The fourth-order valence-electron chi connectivity index (χ4n) is 3.44. The first kappa shape index (κ1) is 20.6. The van der Waals surface area contributed by atoms with E-state index in [1.54, 1.807) is 7.11 Å². The Labute approximate surface area is 158 Å². The van der Waals surface area contributed by atoms with Crippen LogP contribution in [0.2, 0.25) is 0 Å². The lowest BCUT2D eigenvalue weighted by atomic mass is 10.1. The standard InChI is InChI=1S/C21H35N3O2/c1-4-5-6-7-9-18(2)22-21(25)17-23-12-14-24(15-13-23)19-10-8-11-20(16-19)26-3/h8,10-11,16,18H,4-7,9,12-15,17H2,1-3H3,(H,22,25)/t18-/m1/s1. The van der Waals surface area contributed by atoms with Crippen LogP contribution in [0.4, 0.5) is 5.69 Å². The second-order valence-electron chi connectivity index (χ2n) is 7.28. The predicted molar refractivity (Wildman–Crippen MR) is 108 cm³/mol. The molecule has 1 N–H and O–H groups in total. The van der Waals surface area contributed by atoms with E-state index in [0.29, 0.717) is 6.54 Å².